The van der Waals surface area contributed by atoms with Crippen molar-refractivity contribution in [2.45, 2.75) is 6.18 Å². The molecule has 0 bridgehead atoms. The summed E-state index contributed by atoms with van der Waals surface area (Å²) in [6, 6.07) is 16.4. The normalized spacial score (nSPS) is 11.3. The Morgan fingerprint density at radius 3 is 2.39 bits per heavy atom. The Hall–Kier alpha value is -3.92. The van der Waals surface area contributed by atoms with Crippen molar-refractivity contribution in [3.63, 3.8) is 0 Å². The Kier molecular flexibility index (Phi) is 6.01. The third-order valence-corrected chi connectivity index (χ3v) is 5.76. The summed E-state index contributed by atoms with van der Waals surface area (Å²) in [6.07, 6.45) is 0.730. The van der Waals surface area contributed by atoms with Crippen molar-refractivity contribution in [1.82, 2.24) is 14.6 Å². The van der Waals surface area contributed by atoms with Crippen LogP contribution in [0.4, 0.5) is 13.2 Å². The second-order valence-electron chi connectivity index (χ2n) is 6.85. The van der Waals surface area contributed by atoms with Gasteiger partial charge in [0.2, 0.25) is 0 Å². The molecular weight excluding hydrogens is 455 g/mol. The summed E-state index contributed by atoms with van der Waals surface area (Å²) in [5, 5.41) is 15.1. The molecule has 3 aromatic heterocycles. The van der Waals surface area contributed by atoms with E-state index in [4.69, 9.17) is 19.6 Å². The van der Waals surface area contributed by atoms with Crippen LogP contribution in [0.3, 0.4) is 0 Å². The fourth-order valence-electron chi connectivity index (χ4n) is 3.18. The molecule has 0 saturated carbocycles. The van der Waals surface area contributed by atoms with Crippen molar-refractivity contribution in [1.29, 1.82) is 0 Å². The van der Waals surface area contributed by atoms with E-state index in [1.807, 2.05) is 47.4 Å². The Morgan fingerprint density at radius 1 is 1.03 bits per heavy atom. The number of hydrogen-bond donors (Lipinski definition) is 1. The van der Waals surface area contributed by atoms with Crippen LogP contribution in [0.15, 0.2) is 72.5 Å². The highest BCUT2D eigenvalue weighted by atomic mass is 32.1. The minimum absolute atomic E-state index is 0.841. The van der Waals surface area contributed by atoms with Crippen LogP contribution in [-0.4, -0.2) is 39.0 Å². The largest absolute Gasteiger partial charge is 0.497 e. The third-order valence-electron chi connectivity index (χ3n) is 4.79. The summed E-state index contributed by atoms with van der Waals surface area (Å²) in [6.45, 7) is 0. The van der Waals surface area contributed by atoms with Crippen LogP contribution in [0.5, 0.6) is 5.75 Å². The lowest BCUT2D eigenvalue weighted by atomic mass is 10.1. The maximum absolute atomic E-state index is 10.6. The SMILES string of the molecule is COc1ccc(-c2cnc3c(-c4csc5ccccc45)cnn3c2)cc1.O=C(O)C(F)(F)F. The molecule has 168 valence electrons. The molecule has 5 aromatic rings. The summed E-state index contributed by atoms with van der Waals surface area (Å²) in [4.78, 5) is 13.6. The molecule has 0 atom stereocenters. The van der Waals surface area contributed by atoms with E-state index in [-0.39, 0.29) is 0 Å². The molecule has 2 aromatic carbocycles. The van der Waals surface area contributed by atoms with Gasteiger partial charge in [0.1, 0.15) is 5.75 Å². The van der Waals surface area contributed by atoms with Crippen molar-refractivity contribution >= 4 is 33.0 Å². The average Bonchev–Trinajstić information content (AvgIpc) is 3.42. The van der Waals surface area contributed by atoms with E-state index in [9.17, 15) is 13.2 Å². The number of ether oxygens (including phenoxy) is 1. The minimum Gasteiger partial charge on any atom is -0.497 e. The van der Waals surface area contributed by atoms with Crippen LogP contribution in [0.1, 0.15) is 0 Å². The van der Waals surface area contributed by atoms with Crippen LogP contribution in [0.25, 0.3) is 38.0 Å². The van der Waals surface area contributed by atoms with Crippen LogP contribution in [-0.2, 0) is 4.79 Å². The van der Waals surface area contributed by atoms with Crippen LogP contribution in [0, 0.1) is 0 Å². The zero-order chi connectivity index (χ0) is 23.6. The second-order valence-corrected chi connectivity index (χ2v) is 7.76. The molecule has 1 N–H and O–H groups in total. The Morgan fingerprint density at radius 2 is 1.73 bits per heavy atom. The number of fused-ring (bicyclic) bond motifs is 2. The molecule has 0 aliphatic carbocycles. The van der Waals surface area contributed by atoms with Gasteiger partial charge in [0.05, 0.1) is 13.3 Å². The predicted molar refractivity (Wildman–Crippen MR) is 119 cm³/mol. The third kappa shape index (κ3) is 4.65. The molecular formula is C23H16F3N3O3S. The molecule has 0 fully saturated rings. The molecule has 0 spiro atoms. The molecule has 6 nitrogen and oxygen atoms in total. The highest BCUT2D eigenvalue weighted by Crippen LogP contribution is 2.35. The standard InChI is InChI=1S/C21H15N3OS.C2HF3O2/c1-25-16-8-6-14(7-9-16)15-10-22-21-18(11-23-24(21)12-15)19-13-26-20-5-3-2-4-17(19)20;3-2(4,5)1(6)7/h2-13H,1H3;(H,6,7). The zero-order valence-corrected chi connectivity index (χ0v) is 17.9. The Balaban J connectivity index is 0.000000325. The molecule has 0 radical (unpaired) electrons. The quantitative estimate of drug-likeness (QED) is 0.354. The van der Waals surface area contributed by atoms with Crippen LogP contribution >= 0.6 is 11.3 Å². The van der Waals surface area contributed by atoms with E-state index in [0.29, 0.717) is 0 Å². The number of thiophene rings is 1. The number of carboxylic acid groups (broad SMARTS) is 1. The number of methoxy groups -OCH3 is 1. The molecule has 0 saturated heterocycles. The fourth-order valence-corrected chi connectivity index (χ4v) is 4.14. The van der Waals surface area contributed by atoms with E-state index in [0.717, 1.165) is 28.1 Å². The lowest BCUT2D eigenvalue weighted by molar-refractivity contribution is -0.192. The zero-order valence-electron chi connectivity index (χ0n) is 17.1. The first-order valence-corrected chi connectivity index (χ1v) is 10.4. The topological polar surface area (TPSA) is 76.7 Å². The molecule has 3 heterocycles. The average molecular weight is 471 g/mol. The number of halogens is 3. The molecule has 0 unspecified atom stereocenters. The van der Waals surface area contributed by atoms with Gasteiger partial charge < -0.3 is 9.84 Å². The number of carbonyl (C=O) groups is 1. The van der Waals surface area contributed by atoms with E-state index in [1.165, 1.54) is 15.6 Å². The number of aliphatic carboxylic acids is 1. The van der Waals surface area contributed by atoms with E-state index in [1.54, 1.807) is 18.4 Å². The van der Waals surface area contributed by atoms with E-state index in [2.05, 4.69) is 34.7 Å². The molecule has 0 amide bonds. The highest BCUT2D eigenvalue weighted by molar-refractivity contribution is 7.17. The van der Waals surface area contributed by atoms with Gasteiger partial charge >= 0.3 is 12.1 Å². The summed E-state index contributed by atoms with van der Waals surface area (Å²) < 4.78 is 40.1. The summed E-state index contributed by atoms with van der Waals surface area (Å²) in [5.74, 6) is -1.92. The maximum atomic E-state index is 10.6. The van der Waals surface area contributed by atoms with Crippen molar-refractivity contribution in [2.24, 2.45) is 0 Å². The van der Waals surface area contributed by atoms with E-state index >= 15 is 0 Å². The van der Waals surface area contributed by atoms with Gasteiger partial charge in [0.15, 0.2) is 5.65 Å². The molecule has 0 aliphatic rings. The first-order valence-electron chi connectivity index (χ1n) is 9.52. The highest BCUT2D eigenvalue weighted by Gasteiger charge is 2.38. The van der Waals surface area contributed by atoms with Gasteiger partial charge in [-0.05, 0) is 29.1 Å². The van der Waals surface area contributed by atoms with Gasteiger partial charge in [-0.1, -0.05) is 30.3 Å². The van der Waals surface area contributed by atoms with Gasteiger partial charge in [0, 0.05) is 39.2 Å². The second kappa shape index (κ2) is 8.91. The van der Waals surface area contributed by atoms with Crippen LogP contribution in [0.2, 0.25) is 0 Å². The van der Waals surface area contributed by atoms with Crippen molar-refractivity contribution in [3.05, 3.63) is 72.5 Å². The maximum Gasteiger partial charge on any atom is 0.490 e. The monoisotopic (exact) mass is 471 g/mol. The lowest BCUT2D eigenvalue weighted by Crippen LogP contribution is -2.21. The lowest BCUT2D eigenvalue weighted by Gasteiger charge is -2.04. The van der Waals surface area contributed by atoms with Gasteiger partial charge in [-0.25, -0.2) is 14.3 Å². The molecule has 5 rings (SSSR count). The number of nitrogens with zero attached hydrogens (tertiary/aromatic N) is 3. The summed E-state index contributed by atoms with van der Waals surface area (Å²) in [5.41, 5.74) is 5.21. The minimum atomic E-state index is -5.08. The van der Waals surface area contributed by atoms with Crippen molar-refractivity contribution in [2.75, 3.05) is 7.11 Å². The van der Waals surface area contributed by atoms with E-state index < -0.39 is 12.1 Å². The smallest absolute Gasteiger partial charge is 0.490 e. The number of rotatable bonds is 3. The first kappa shape index (κ1) is 22.3. The first-order chi connectivity index (χ1) is 15.8. The van der Waals surface area contributed by atoms with Gasteiger partial charge in [0.25, 0.3) is 0 Å². The van der Waals surface area contributed by atoms with Crippen LogP contribution < -0.4 is 4.74 Å². The number of hydrogen-bond acceptors (Lipinski definition) is 5. The fraction of sp³-hybridized carbons (Fsp3) is 0.0870. The Labute approximate surface area is 189 Å². The van der Waals surface area contributed by atoms with Gasteiger partial charge in [-0.2, -0.15) is 18.3 Å². The predicted octanol–water partition coefficient (Wildman–Crippen LogP) is 5.92. The Bertz CT molecular complexity index is 1430. The number of benzene rings is 2. The molecule has 10 heteroatoms. The number of aromatic nitrogens is 3. The summed E-state index contributed by atoms with van der Waals surface area (Å²) in [7, 11) is 1.67. The van der Waals surface area contributed by atoms with Crippen molar-refractivity contribution < 1.29 is 27.8 Å². The number of alkyl halides is 3. The molecule has 0 aliphatic heterocycles. The number of carboxylic acids is 1. The van der Waals surface area contributed by atoms with Crippen molar-refractivity contribution in [3.8, 4) is 28.0 Å². The molecule has 33 heavy (non-hydrogen) atoms. The van der Waals surface area contributed by atoms with Gasteiger partial charge in [-0.15, -0.1) is 11.3 Å². The summed E-state index contributed by atoms with van der Waals surface area (Å²) >= 11 is 1.75. The van der Waals surface area contributed by atoms with Gasteiger partial charge in [-0.3, -0.25) is 0 Å².